The first-order valence-corrected chi connectivity index (χ1v) is 16.5. The molecule has 0 aliphatic heterocycles. The Morgan fingerprint density at radius 1 is 0.510 bits per heavy atom. The van der Waals surface area contributed by atoms with Crippen molar-refractivity contribution in [3.8, 4) is 56.4 Å². The van der Waals surface area contributed by atoms with Crippen molar-refractivity contribution in [1.82, 2.24) is 24.1 Å². The molecular weight excluding hydrogens is 603 g/mol. The molecule has 6 heteroatoms. The minimum absolute atomic E-state index is 0.0424. The van der Waals surface area contributed by atoms with E-state index in [1.807, 2.05) is 55.6 Å². The summed E-state index contributed by atoms with van der Waals surface area (Å²) < 4.78 is 3.36. The minimum Gasteiger partial charge on any atom is -0.295 e. The molecule has 6 aromatic carbocycles. The third kappa shape index (κ3) is 4.48. The molecule has 2 heterocycles. The predicted octanol–water partition coefficient (Wildman–Crippen LogP) is 9.19. The molecule has 0 saturated carbocycles. The van der Waals surface area contributed by atoms with Gasteiger partial charge >= 0.3 is 5.69 Å². The van der Waals surface area contributed by atoms with Crippen LogP contribution >= 0.6 is 0 Å². The largest absolute Gasteiger partial charge is 0.328 e. The fraction of sp³-hybridized carbons (Fsp3) is 0.116. The molecule has 0 bridgehead atoms. The molecule has 0 radical (unpaired) electrons. The normalized spacial score (nSPS) is 13.1. The molecule has 6 nitrogen and oxygen atoms in total. The maximum atomic E-state index is 12.6. The zero-order valence-corrected chi connectivity index (χ0v) is 27.8. The van der Waals surface area contributed by atoms with E-state index in [1.54, 1.807) is 16.2 Å². The van der Waals surface area contributed by atoms with Gasteiger partial charge in [0.1, 0.15) is 0 Å². The number of hydrogen-bond acceptors (Lipinski definition) is 4. The van der Waals surface area contributed by atoms with Gasteiger partial charge in [0.05, 0.1) is 11.0 Å². The fourth-order valence-electron chi connectivity index (χ4n) is 7.61. The Kier molecular flexibility index (Phi) is 6.33. The van der Waals surface area contributed by atoms with Gasteiger partial charge in [-0.25, -0.2) is 19.7 Å². The van der Waals surface area contributed by atoms with Crippen LogP contribution in [0.2, 0.25) is 0 Å². The average Bonchev–Trinajstić information content (AvgIpc) is 3.52. The second-order valence-corrected chi connectivity index (χ2v) is 13.5. The highest BCUT2D eigenvalue weighted by Gasteiger charge is 2.37. The number of rotatable bonds is 4. The van der Waals surface area contributed by atoms with Crippen LogP contribution in [0.1, 0.15) is 25.0 Å². The van der Waals surface area contributed by atoms with Crippen molar-refractivity contribution in [3.05, 3.63) is 149 Å². The molecule has 0 saturated heterocycles. The summed E-state index contributed by atoms with van der Waals surface area (Å²) in [7, 11) is 3.61. The highest BCUT2D eigenvalue weighted by atomic mass is 16.1. The number of aryl methyl sites for hydroxylation is 2. The Balaban J connectivity index is 1.18. The lowest BCUT2D eigenvalue weighted by atomic mass is 9.80. The molecule has 9 rings (SSSR count). The number of nitrogens with zero attached hydrogens (tertiary/aromatic N) is 5. The highest BCUT2D eigenvalue weighted by molar-refractivity contribution is 5.98. The standard InChI is InChI=1S/C43H33N5O/c1-43(2)35-24-31(18-20-33(35)34-21-17-26-11-8-9-16-32(26)38(34)43)41-45-39(27-12-6-5-7-13-27)44-40(46-41)30-15-10-14-28(23-30)29-19-22-36-37(25-29)48(4)42(49)47(36)3/h5-25H,1-4H3. The molecule has 0 N–H and O–H groups in total. The van der Waals surface area contributed by atoms with Crippen LogP contribution in [0.4, 0.5) is 0 Å². The van der Waals surface area contributed by atoms with Crippen LogP contribution in [0.15, 0.2) is 132 Å². The van der Waals surface area contributed by atoms with E-state index >= 15 is 0 Å². The van der Waals surface area contributed by atoms with E-state index in [2.05, 4.69) is 92.7 Å². The Hall–Kier alpha value is -6.14. The van der Waals surface area contributed by atoms with Crippen molar-refractivity contribution < 1.29 is 0 Å². The Labute approximate surface area is 284 Å². The van der Waals surface area contributed by atoms with Gasteiger partial charge in [-0.3, -0.25) is 9.13 Å². The second kappa shape index (κ2) is 10.7. The van der Waals surface area contributed by atoms with Crippen molar-refractivity contribution in [2.45, 2.75) is 19.3 Å². The fourth-order valence-corrected chi connectivity index (χ4v) is 7.61. The molecule has 0 fully saturated rings. The molecule has 8 aromatic rings. The Morgan fingerprint density at radius 2 is 1.10 bits per heavy atom. The first kappa shape index (κ1) is 29.0. The van der Waals surface area contributed by atoms with Crippen LogP contribution in [-0.4, -0.2) is 24.1 Å². The molecule has 1 aliphatic carbocycles. The average molecular weight is 636 g/mol. The summed E-state index contributed by atoms with van der Waals surface area (Å²) in [6.07, 6.45) is 0. The first-order chi connectivity index (χ1) is 23.8. The summed E-state index contributed by atoms with van der Waals surface area (Å²) in [4.78, 5) is 27.8. The van der Waals surface area contributed by atoms with Crippen LogP contribution in [0.25, 0.3) is 78.2 Å². The van der Waals surface area contributed by atoms with E-state index in [1.165, 1.54) is 33.0 Å². The van der Waals surface area contributed by atoms with Crippen LogP contribution in [0.3, 0.4) is 0 Å². The molecule has 0 spiro atoms. The SMILES string of the molecule is Cn1c(=O)n(C)c2cc(-c3cccc(-c4nc(-c5ccccc5)nc(-c5ccc6c(c5)C(C)(C)c5c-6ccc6ccccc56)n4)c3)ccc21. The lowest BCUT2D eigenvalue weighted by Gasteiger charge is -2.23. The van der Waals surface area contributed by atoms with Crippen molar-refractivity contribution in [1.29, 1.82) is 0 Å². The van der Waals surface area contributed by atoms with Crippen LogP contribution in [0, 0.1) is 0 Å². The number of imidazole rings is 1. The third-order valence-corrected chi connectivity index (χ3v) is 10.2. The van der Waals surface area contributed by atoms with Gasteiger partial charge in [-0.15, -0.1) is 0 Å². The van der Waals surface area contributed by atoms with Crippen molar-refractivity contribution in [2.24, 2.45) is 14.1 Å². The van der Waals surface area contributed by atoms with Crippen molar-refractivity contribution in [2.75, 3.05) is 0 Å². The summed E-state index contributed by atoms with van der Waals surface area (Å²) in [5, 5.41) is 2.55. The highest BCUT2D eigenvalue weighted by Crippen LogP contribution is 2.52. The Morgan fingerprint density at radius 3 is 1.90 bits per heavy atom. The predicted molar refractivity (Wildman–Crippen MR) is 198 cm³/mol. The lowest BCUT2D eigenvalue weighted by molar-refractivity contribution is 0.666. The van der Waals surface area contributed by atoms with Gasteiger partial charge in [-0.05, 0) is 68.4 Å². The Bertz CT molecular complexity index is 2680. The zero-order valence-electron chi connectivity index (χ0n) is 27.8. The van der Waals surface area contributed by atoms with Crippen molar-refractivity contribution >= 4 is 21.8 Å². The van der Waals surface area contributed by atoms with E-state index in [0.29, 0.717) is 17.5 Å². The first-order valence-electron chi connectivity index (χ1n) is 16.5. The van der Waals surface area contributed by atoms with Gasteiger partial charge in [-0.2, -0.15) is 0 Å². The number of aromatic nitrogens is 5. The molecule has 0 atom stereocenters. The van der Waals surface area contributed by atoms with Gasteiger partial charge in [0.15, 0.2) is 17.5 Å². The van der Waals surface area contributed by atoms with E-state index in [-0.39, 0.29) is 11.1 Å². The summed E-state index contributed by atoms with van der Waals surface area (Å²) in [6.45, 7) is 4.64. The molecule has 1 aliphatic rings. The topological polar surface area (TPSA) is 65.6 Å². The number of fused-ring (bicyclic) bond motifs is 6. The number of benzene rings is 6. The van der Waals surface area contributed by atoms with Crippen LogP contribution in [-0.2, 0) is 19.5 Å². The molecule has 0 unspecified atom stereocenters. The summed E-state index contributed by atoms with van der Waals surface area (Å²) in [5.41, 5.74) is 11.5. The van der Waals surface area contributed by atoms with E-state index in [9.17, 15) is 4.79 Å². The minimum atomic E-state index is -0.197. The van der Waals surface area contributed by atoms with Gasteiger partial charge in [-0.1, -0.05) is 117 Å². The van der Waals surface area contributed by atoms with Gasteiger partial charge in [0.2, 0.25) is 0 Å². The molecule has 49 heavy (non-hydrogen) atoms. The van der Waals surface area contributed by atoms with Gasteiger partial charge in [0.25, 0.3) is 0 Å². The van der Waals surface area contributed by atoms with E-state index in [4.69, 9.17) is 15.0 Å². The summed E-state index contributed by atoms with van der Waals surface area (Å²) in [5.74, 6) is 1.86. The van der Waals surface area contributed by atoms with Crippen LogP contribution in [0.5, 0.6) is 0 Å². The molecule has 0 amide bonds. The second-order valence-electron chi connectivity index (χ2n) is 13.5. The smallest absolute Gasteiger partial charge is 0.295 e. The number of hydrogen-bond donors (Lipinski definition) is 0. The maximum Gasteiger partial charge on any atom is 0.328 e. The summed E-state index contributed by atoms with van der Waals surface area (Å²) >= 11 is 0. The van der Waals surface area contributed by atoms with Gasteiger partial charge < -0.3 is 0 Å². The van der Waals surface area contributed by atoms with Crippen LogP contribution < -0.4 is 5.69 Å². The monoisotopic (exact) mass is 635 g/mol. The maximum absolute atomic E-state index is 12.6. The van der Waals surface area contributed by atoms with E-state index in [0.717, 1.165) is 38.9 Å². The van der Waals surface area contributed by atoms with Crippen molar-refractivity contribution in [3.63, 3.8) is 0 Å². The molecular formula is C43H33N5O. The lowest BCUT2D eigenvalue weighted by Crippen LogP contribution is -2.19. The van der Waals surface area contributed by atoms with Gasteiger partial charge in [0, 0.05) is 36.2 Å². The summed E-state index contributed by atoms with van der Waals surface area (Å²) in [6, 6.07) is 44.3. The quantitative estimate of drug-likeness (QED) is 0.193. The third-order valence-electron chi connectivity index (χ3n) is 10.2. The molecule has 2 aromatic heterocycles. The molecule has 236 valence electrons. The van der Waals surface area contributed by atoms with E-state index < -0.39 is 0 Å². The zero-order chi connectivity index (χ0) is 33.4.